The molecule has 1 amide bonds. The van der Waals surface area contributed by atoms with Crippen molar-refractivity contribution in [1.82, 2.24) is 19.7 Å². The van der Waals surface area contributed by atoms with Gasteiger partial charge < -0.3 is 20.1 Å². The van der Waals surface area contributed by atoms with E-state index in [1.54, 1.807) is 23.3 Å². The number of carboxylic acid groups (broad SMARTS) is 1. The zero-order valence-electron chi connectivity index (χ0n) is 18.1. The molecule has 9 nitrogen and oxygen atoms in total. The third-order valence-electron chi connectivity index (χ3n) is 5.55. The van der Waals surface area contributed by atoms with Crippen molar-refractivity contribution < 1.29 is 32.6 Å². The van der Waals surface area contributed by atoms with Crippen molar-refractivity contribution in [2.24, 2.45) is 7.05 Å². The summed E-state index contributed by atoms with van der Waals surface area (Å²) in [5, 5.41) is 14.6. The summed E-state index contributed by atoms with van der Waals surface area (Å²) in [6, 6.07) is 5.84. The molecule has 33 heavy (non-hydrogen) atoms. The molecule has 0 saturated carbocycles. The van der Waals surface area contributed by atoms with E-state index in [1.807, 2.05) is 30.1 Å². The fourth-order valence-electron chi connectivity index (χ4n) is 3.99. The number of nitrogens with one attached hydrogen (secondary N) is 1. The minimum absolute atomic E-state index is 0.0484. The molecule has 0 radical (unpaired) electrons. The normalized spacial score (nSPS) is 22.5. The van der Waals surface area contributed by atoms with Gasteiger partial charge in [-0.2, -0.15) is 18.3 Å². The lowest BCUT2D eigenvalue weighted by molar-refractivity contribution is -0.192. The summed E-state index contributed by atoms with van der Waals surface area (Å²) < 4.78 is 39.9. The van der Waals surface area contributed by atoms with Gasteiger partial charge in [-0.25, -0.2) is 9.78 Å². The summed E-state index contributed by atoms with van der Waals surface area (Å²) in [6.45, 7) is 2.16. The first kappa shape index (κ1) is 24.5. The standard InChI is InChI=1S/C19H25N5O2.C2HF3O2/c1-23-13-15(11-22-23)18(25)24-10-8-19(14-24)7-4-5-16(26-19)12-21-17-6-2-3-9-20-17;3-2(4,5)1(6)7/h2-3,6,9,11,13,16H,4-5,7-8,10,12,14H2,1H3,(H,20,21);(H,6,7)/t16-,19-;/m1./s1. The number of anilines is 1. The highest BCUT2D eigenvalue weighted by atomic mass is 19.4. The third kappa shape index (κ3) is 6.67. The topological polar surface area (TPSA) is 110 Å². The Hall–Kier alpha value is -3.15. The molecule has 2 saturated heterocycles. The summed E-state index contributed by atoms with van der Waals surface area (Å²) >= 11 is 0. The maximum atomic E-state index is 12.7. The molecule has 0 aliphatic carbocycles. The quantitative estimate of drug-likeness (QED) is 0.709. The van der Waals surface area contributed by atoms with Gasteiger partial charge in [-0.15, -0.1) is 0 Å². The van der Waals surface area contributed by atoms with Crippen LogP contribution in [0.4, 0.5) is 19.0 Å². The molecule has 2 aromatic heterocycles. The van der Waals surface area contributed by atoms with E-state index in [0.29, 0.717) is 12.1 Å². The Balaban J connectivity index is 0.000000383. The molecule has 2 N–H and O–H groups in total. The van der Waals surface area contributed by atoms with Crippen LogP contribution in [-0.4, -0.2) is 74.2 Å². The van der Waals surface area contributed by atoms with Gasteiger partial charge in [-0.3, -0.25) is 9.48 Å². The fraction of sp³-hybridized carbons (Fsp3) is 0.524. The van der Waals surface area contributed by atoms with Crippen molar-refractivity contribution in [3.8, 4) is 0 Å². The Morgan fingerprint density at radius 2 is 2.09 bits per heavy atom. The number of aliphatic carboxylic acids is 1. The third-order valence-corrected chi connectivity index (χ3v) is 5.55. The number of halogens is 3. The number of hydrogen-bond donors (Lipinski definition) is 2. The zero-order chi connectivity index (χ0) is 24.1. The molecule has 2 atom stereocenters. The van der Waals surface area contributed by atoms with Crippen LogP contribution in [0.15, 0.2) is 36.8 Å². The lowest BCUT2D eigenvalue weighted by atomic mass is 9.90. The second-order valence-electron chi connectivity index (χ2n) is 8.09. The van der Waals surface area contributed by atoms with E-state index < -0.39 is 12.1 Å². The summed E-state index contributed by atoms with van der Waals surface area (Å²) in [6.07, 6.45) is 4.34. The van der Waals surface area contributed by atoms with Crippen molar-refractivity contribution in [3.05, 3.63) is 42.4 Å². The largest absolute Gasteiger partial charge is 0.490 e. The lowest BCUT2D eigenvalue weighted by Gasteiger charge is -2.38. The highest BCUT2D eigenvalue weighted by molar-refractivity contribution is 5.94. The number of carbonyl (C=O) groups is 2. The Morgan fingerprint density at radius 1 is 1.33 bits per heavy atom. The Labute approximate surface area is 188 Å². The van der Waals surface area contributed by atoms with E-state index in [2.05, 4.69) is 15.4 Å². The first-order chi connectivity index (χ1) is 15.6. The van der Waals surface area contributed by atoms with Crippen LogP contribution >= 0.6 is 0 Å². The minimum Gasteiger partial charge on any atom is -0.475 e. The molecule has 0 bridgehead atoms. The molecule has 2 aliphatic rings. The summed E-state index contributed by atoms with van der Waals surface area (Å²) in [5.41, 5.74) is 0.445. The highest BCUT2D eigenvalue weighted by Gasteiger charge is 2.44. The molecule has 2 aliphatic heterocycles. The Kier molecular flexibility index (Phi) is 7.57. The highest BCUT2D eigenvalue weighted by Crippen LogP contribution is 2.37. The van der Waals surface area contributed by atoms with Crippen molar-refractivity contribution >= 4 is 17.7 Å². The van der Waals surface area contributed by atoms with E-state index >= 15 is 0 Å². The van der Waals surface area contributed by atoms with Crippen molar-refractivity contribution in [2.45, 2.75) is 43.6 Å². The van der Waals surface area contributed by atoms with Crippen LogP contribution < -0.4 is 5.32 Å². The number of hydrogen-bond acceptors (Lipinski definition) is 6. The van der Waals surface area contributed by atoms with Crippen LogP contribution in [0.5, 0.6) is 0 Å². The van der Waals surface area contributed by atoms with Gasteiger partial charge in [0, 0.05) is 32.5 Å². The van der Waals surface area contributed by atoms with Gasteiger partial charge in [0.2, 0.25) is 0 Å². The molecule has 4 heterocycles. The molecule has 180 valence electrons. The van der Waals surface area contributed by atoms with Gasteiger partial charge >= 0.3 is 12.1 Å². The predicted molar refractivity (Wildman–Crippen MR) is 112 cm³/mol. The molecule has 0 unspecified atom stereocenters. The molecular weight excluding hydrogens is 443 g/mol. The SMILES string of the molecule is Cn1cc(C(=O)N2CC[C@]3(CCC[C@H](CNc4ccccn4)O3)C2)cn1.O=C(O)C(F)(F)F. The smallest absolute Gasteiger partial charge is 0.475 e. The monoisotopic (exact) mass is 469 g/mol. The average molecular weight is 469 g/mol. The summed E-state index contributed by atoms with van der Waals surface area (Å²) in [4.78, 5) is 27.8. The number of pyridine rings is 1. The van der Waals surface area contributed by atoms with Crippen LogP contribution in [-0.2, 0) is 16.6 Å². The zero-order valence-corrected chi connectivity index (χ0v) is 18.1. The van der Waals surface area contributed by atoms with Crippen molar-refractivity contribution in [1.29, 1.82) is 0 Å². The number of nitrogens with zero attached hydrogens (tertiary/aromatic N) is 4. The number of ether oxygens (including phenoxy) is 1. The molecular formula is C21H26F3N5O4. The summed E-state index contributed by atoms with van der Waals surface area (Å²) in [5.74, 6) is -1.84. The van der Waals surface area contributed by atoms with Crippen LogP contribution in [0, 0.1) is 0 Å². The molecule has 1 spiro atoms. The minimum atomic E-state index is -5.08. The maximum absolute atomic E-state index is 12.7. The van der Waals surface area contributed by atoms with Gasteiger partial charge in [0.1, 0.15) is 5.82 Å². The first-order valence-electron chi connectivity index (χ1n) is 10.5. The molecule has 12 heteroatoms. The average Bonchev–Trinajstić information content (AvgIpc) is 3.39. The number of amides is 1. The number of aromatic nitrogens is 3. The van der Waals surface area contributed by atoms with Gasteiger partial charge in [-0.05, 0) is 37.8 Å². The molecule has 2 fully saturated rings. The van der Waals surface area contributed by atoms with E-state index in [9.17, 15) is 18.0 Å². The van der Waals surface area contributed by atoms with E-state index in [4.69, 9.17) is 14.6 Å². The Bertz CT molecular complexity index is 953. The Morgan fingerprint density at radius 3 is 2.70 bits per heavy atom. The maximum Gasteiger partial charge on any atom is 0.490 e. The van der Waals surface area contributed by atoms with E-state index in [0.717, 1.165) is 44.6 Å². The number of carbonyl (C=O) groups excluding carboxylic acids is 1. The van der Waals surface area contributed by atoms with E-state index in [-0.39, 0.29) is 17.6 Å². The van der Waals surface area contributed by atoms with Crippen molar-refractivity contribution in [2.75, 3.05) is 25.0 Å². The number of likely N-dealkylation sites (tertiary alicyclic amines) is 1. The summed E-state index contributed by atoms with van der Waals surface area (Å²) in [7, 11) is 1.83. The van der Waals surface area contributed by atoms with E-state index in [1.165, 1.54) is 0 Å². The number of aryl methyl sites for hydroxylation is 1. The number of carboxylic acids is 1. The lowest BCUT2D eigenvalue weighted by Crippen LogP contribution is -2.45. The van der Waals surface area contributed by atoms with Gasteiger partial charge in [0.15, 0.2) is 0 Å². The molecule has 4 rings (SSSR count). The van der Waals surface area contributed by atoms with Crippen LogP contribution in [0.2, 0.25) is 0 Å². The van der Waals surface area contributed by atoms with Crippen LogP contribution in [0.1, 0.15) is 36.0 Å². The van der Waals surface area contributed by atoms with Gasteiger partial charge in [0.25, 0.3) is 5.91 Å². The molecule has 2 aromatic rings. The van der Waals surface area contributed by atoms with Gasteiger partial charge in [0.05, 0.1) is 30.0 Å². The fourth-order valence-corrected chi connectivity index (χ4v) is 3.99. The van der Waals surface area contributed by atoms with Crippen LogP contribution in [0.3, 0.4) is 0 Å². The predicted octanol–water partition coefficient (Wildman–Crippen LogP) is 2.71. The molecule has 0 aromatic carbocycles. The second-order valence-corrected chi connectivity index (χ2v) is 8.09. The number of alkyl halides is 3. The second kappa shape index (κ2) is 10.2. The number of rotatable bonds is 4. The van der Waals surface area contributed by atoms with Crippen molar-refractivity contribution in [3.63, 3.8) is 0 Å². The first-order valence-corrected chi connectivity index (χ1v) is 10.5. The van der Waals surface area contributed by atoms with Crippen LogP contribution in [0.25, 0.3) is 0 Å². The van der Waals surface area contributed by atoms with Gasteiger partial charge in [-0.1, -0.05) is 6.07 Å².